The van der Waals surface area contributed by atoms with Crippen molar-refractivity contribution in [2.24, 2.45) is 0 Å². The van der Waals surface area contributed by atoms with Gasteiger partial charge in [-0.05, 0) is 64.5 Å². The zero-order chi connectivity index (χ0) is 24.2. The maximum absolute atomic E-state index is 13.0. The molecule has 2 aromatic heterocycles. The Morgan fingerprint density at radius 1 is 0.971 bits per heavy atom. The minimum absolute atomic E-state index is 0.110. The summed E-state index contributed by atoms with van der Waals surface area (Å²) in [6, 6.07) is 16.0. The van der Waals surface area contributed by atoms with Crippen LogP contribution in [0.25, 0.3) is 10.9 Å². The van der Waals surface area contributed by atoms with Crippen LogP contribution in [0.1, 0.15) is 48.7 Å². The van der Waals surface area contributed by atoms with Crippen molar-refractivity contribution in [2.75, 3.05) is 14.2 Å². The SMILES string of the molecule is COc1ccc(CN(Cc2cc3ccc(OC)cc3[nH]c2=O)Cc2nnnn2C2CCCC2)cc1. The highest BCUT2D eigenvalue weighted by Crippen LogP contribution is 2.29. The molecule has 2 heterocycles. The van der Waals surface area contributed by atoms with Gasteiger partial charge < -0.3 is 14.5 Å². The van der Waals surface area contributed by atoms with Gasteiger partial charge in [-0.15, -0.1) is 5.10 Å². The van der Waals surface area contributed by atoms with Gasteiger partial charge in [-0.3, -0.25) is 9.69 Å². The molecule has 0 atom stereocenters. The first-order chi connectivity index (χ1) is 17.1. The van der Waals surface area contributed by atoms with Crippen LogP contribution in [0.5, 0.6) is 11.5 Å². The summed E-state index contributed by atoms with van der Waals surface area (Å²) in [5, 5.41) is 13.6. The molecule has 0 bridgehead atoms. The summed E-state index contributed by atoms with van der Waals surface area (Å²) in [6.45, 7) is 1.64. The van der Waals surface area contributed by atoms with E-state index in [1.54, 1.807) is 14.2 Å². The van der Waals surface area contributed by atoms with Crippen LogP contribution >= 0.6 is 0 Å². The number of pyridine rings is 1. The van der Waals surface area contributed by atoms with E-state index in [4.69, 9.17) is 9.47 Å². The second-order valence-electron chi connectivity index (χ2n) is 9.05. The number of rotatable bonds is 9. The van der Waals surface area contributed by atoms with Crippen LogP contribution in [0, 0.1) is 0 Å². The molecule has 1 saturated carbocycles. The molecule has 0 saturated heterocycles. The maximum atomic E-state index is 13.0. The Hall–Kier alpha value is -3.72. The summed E-state index contributed by atoms with van der Waals surface area (Å²) in [6.07, 6.45) is 4.61. The van der Waals surface area contributed by atoms with Crippen LogP contribution in [0.2, 0.25) is 0 Å². The Morgan fingerprint density at radius 3 is 2.46 bits per heavy atom. The first kappa shape index (κ1) is 23.0. The standard InChI is InChI=1S/C26H30N6O3/c1-34-22-10-7-18(8-11-22)15-31(17-25-28-29-30-32(25)21-5-3-4-6-21)16-20-13-19-9-12-23(35-2)14-24(19)27-26(20)33/h7-14,21H,3-6,15-17H2,1-2H3,(H,27,33). The summed E-state index contributed by atoms with van der Waals surface area (Å²) in [7, 11) is 3.27. The average molecular weight is 475 g/mol. The molecule has 2 aromatic carbocycles. The molecular formula is C26H30N6O3. The van der Waals surface area contributed by atoms with Gasteiger partial charge in [0, 0.05) is 24.7 Å². The van der Waals surface area contributed by atoms with Gasteiger partial charge in [-0.2, -0.15) is 0 Å². The number of hydrogen-bond acceptors (Lipinski definition) is 7. The van der Waals surface area contributed by atoms with E-state index in [1.807, 2.05) is 53.2 Å². The van der Waals surface area contributed by atoms with E-state index in [2.05, 4.69) is 25.4 Å². The molecule has 9 heteroatoms. The van der Waals surface area contributed by atoms with E-state index < -0.39 is 0 Å². The summed E-state index contributed by atoms with van der Waals surface area (Å²) < 4.78 is 12.6. The molecular weight excluding hydrogens is 444 g/mol. The number of aromatic nitrogens is 5. The molecule has 0 unspecified atom stereocenters. The highest BCUT2D eigenvalue weighted by atomic mass is 16.5. The Balaban J connectivity index is 1.44. The van der Waals surface area contributed by atoms with Gasteiger partial charge in [-0.1, -0.05) is 25.0 Å². The van der Waals surface area contributed by atoms with Crippen molar-refractivity contribution in [1.29, 1.82) is 0 Å². The third kappa shape index (κ3) is 5.19. The number of ether oxygens (including phenoxy) is 2. The highest BCUT2D eigenvalue weighted by molar-refractivity contribution is 5.80. The number of hydrogen-bond donors (Lipinski definition) is 1. The number of aromatic amines is 1. The maximum Gasteiger partial charge on any atom is 0.252 e. The topological polar surface area (TPSA) is 98.2 Å². The molecule has 1 N–H and O–H groups in total. The quantitative estimate of drug-likeness (QED) is 0.393. The van der Waals surface area contributed by atoms with E-state index in [0.717, 1.165) is 40.9 Å². The first-order valence-corrected chi connectivity index (χ1v) is 11.9. The monoisotopic (exact) mass is 474 g/mol. The molecule has 35 heavy (non-hydrogen) atoms. The van der Waals surface area contributed by atoms with Crippen molar-refractivity contribution in [3.8, 4) is 11.5 Å². The summed E-state index contributed by atoms with van der Waals surface area (Å²) >= 11 is 0. The van der Waals surface area contributed by atoms with E-state index in [1.165, 1.54) is 12.8 Å². The molecule has 182 valence electrons. The number of methoxy groups -OCH3 is 2. The highest BCUT2D eigenvalue weighted by Gasteiger charge is 2.23. The van der Waals surface area contributed by atoms with Crippen molar-refractivity contribution >= 4 is 10.9 Å². The number of H-pyrrole nitrogens is 1. The normalized spacial score (nSPS) is 14.1. The van der Waals surface area contributed by atoms with Crippen molar-refractivity contribution in [2.45, 2.75) is 51.4 Å². The van der Waals surface area contributed by atoms with E-state index in [9.17, 15) is 4.79 Å². The van der Waals surface area contributed by atoms with Crippen molar-refractivity contribution in [1.82, 2.24) is 30.1 Å². The molecule has 0 spiro atoms. The fourth-order valence-electron chi connectivity index (χ4n) is 4.82. The Morgan fingerprint density at radius 2 is 1.71 bits per heavy atom. The molecule has 1 aliphatic carbocycles. The number of tetrazole rings is 1. The smallest absolute Gasteiger partial charge is 0.252 e. The number of nitrogens with one attached hydrogen (secondary N) is 1. The number of nitrogens with zero attached hydrogens (tertiary/aromatic N) is 5. The largest absolute Gasteiger partial charge is 0.497 e. The predicted octanol–water partition coefficient (Wildman–Crippen LogP) is 3.85. The van der Waals surface area contributed by atoms with Crippen molar-refractivity contribution < 1.29 is 9.47 Å². The van der Waals surface area contributed by atoms with Crippen LogP contribution in [0.3, 0.4) is 0 Å². The predicted molar refractivity (Wildman–Crippen MR) is 132 cm³/mol. The number of benzene rings is 2. The molecule has 0 amide bonds. The lowest BCUT2D eigenvalue weighted by molar-refractivity contribution is 0.231. The fourth-order valence-corrected chi connectivity index (χ4v) is 4.82. The Kier molecular flexibility index (Phi) is 6.76. The average Bonchev–Trinajstić information content (AvgIpc) is 3.57. The minimum Gasteiger partial charge on any atom is -0.497 e. The second kappa shape index (κ2) is 10.3. The van der Waals surface area contributed by atoms with Gasteiger partial charge in [0.1, 0.15) is 11.5 Å². The zero-order valence-electron chi connectivity index (χ0n) is 20.1. The number of fused-ring (bicyclic) bond motifs is 1. The van der Waals surface area contributed by atoms with Crippen molar-refractivity contribution in [3.05, 3.63) is 75.8 Å². The molecule has 1 fully saturated rings. The van der Waals surface area contributed by atoms with Gasteiger partial charge >= 0.3 is 0 Å². The van der Waals surface area contributed by atoms with Gasteiger partial charge in [0.2, 0.25) is 0 Å². The van der Waals surface area contributed by atoms with E-state index >= 15 is 0 Å². The zero-order valence-corrected chi connectivity index (χ0v) is 20.1. The first-order valence-electron chi connectivity index (χ1n) is 11.9. The third-order valence-corrected chi connectivity index (χ3v) is 6.69. The molecule has 4 aromatic rings. The second-order valence-corrected chi connectivity index (χ2v) is 9.05. The fraction of sp³-hybridized carbons (Fsp3) is 0.385. The molecule has 5 rings (SSSR count). The van der Waals surface area contributed by atoms with Crippen LogP contribution in [0.15, 0.2) is 53.3 Å². The molecule has 9 nitrogen and oxygen atoms in total. The van der Waals surface area contributed by atoms with Gasteiger partial charge in [0.15, 0.2) is 5.82 Å². The molecule has 0 radical (unpaired) electrons. The minimum atomic E-state index is -0.110. The van der Waals surface area contributed by atoms with Gasteiger partial charge in [0.05, 0.1) is 32.3 Å². The Bertz CT molecular complexity index is 1340. The van der Waals surface area contributed by atoms with Crippen LogP contribution < -0.4 is 15.0 Å². The van der Waals surface area contributed by atoms with Gasteiger partial charge in [0.25, 0.3) is 5.56 Å². The van der Waals surface area contributed by atoms with E-state index in [0.29, 0.717) is 37.0 Å². The molecule has 0 aliphatic heterocycles. The molecule has 1 aliphatic rings. The third-order valence-electron chi connectivity index (χ3n) is 6.69. The van der Waals surface area contributed by atoms with Crippen LogP contribution in [-0.4, -0.2) is 44.3 Å². The van der Waals surface area contributed by atoms with Crippen LogP contribution in [-0.2, 0) is 19.6 Å². The lowest BCUT2D eigenvalue weighted by Crippen LogP contribution is -2.28. The lowest BCUT2D eigenvalue weighted by Gasteiger charge is -2.23. The summed E-state index contributed by atoms with van der Waals surface area (Å²) in [5.41, 5.74) is 2.45. The Labute approximate surface area is 203 Å². The van der Waals surface area contributed by atoms with Crippen molar-refractivity contribution in [3.63, 3.8) is 0 Å². The van der Waals surface area contributed by atoms with E-state index in [-0.39, 0.29) is 5.56 Å². The van der Waals surface area contributed by atoms with Gasteiger partial charge in [-0.25, -0.2) is 4.68 Å². The van der Waals surface area contributed by atoms with Crippen LogP contribution in [0.4, 0.5) is 0 Å². The lowest BCUT2D eigenvalue weighted by atomic mass is 10.1. The summed E-state index contributed by atoms with van der Waals surface area (Å²) in [5.74, 6) is 2.35. The summed E-state index contributed by atoms with van der Waals surface area (Å²) in [4.78, 5) is 18.2.